The highest BCUT2D eigenvalue weighted by atomic mass is 16.3. The van der Waals surface area contributed by atoms with Crippen LogP contribution in [0.2, 0.25) is 0 Å². The zero-order valence-electron chi connectivity index (χ0n) is 15.7. The topological polar surface area (TPSA) is 63.3 Å². The van der Waals surface area contributed by atoms with Crippen molar-refractivity contribution in [3.05, 3.63) is 0 Å². The molecule has 0 aliphatic rings. The van der Waals surface area contributed by atoms with E-state index in [-0.39, 0.29) is 5.78 Å². The summed E-state index contributed by atoms with van der Waals surface area (Å²) in [4.78, 5) is 11.4. The standard InChI is InChI=1S/C20H41NO2/c1-3-4-5-6-7-8-9-10-11-12-13-14-15-16-17-18-19(22)20(2,21)23/h23H,3-18,21H2,1-2H3. The third-order valence-corrected chi connectivity index (χ3v) is 4.57. The van der Waals surface area contributed by atoms with E-state index in [1.54, 1.807) is 0 Å². The molecule has 0 aromatic rings. The first-order valence-electron chi connectivity index (χ1n) is 10.0. The summed E-state index contributed by atoms with van der Waals surface area (Å²) in [5, 5.41) is 9.33. The maximum absolute atomic E-state index is 11.4. The van der Waals surface area contributed by atoms with Crippen molar-refractivity contribution in [1.82, 2.24) is 0 Å². The van der Waals surface area contributed by atoms with E-state index in [9.17, 15) is 9.90 Å². The van der Waals surface area contributed by atoms with Crippen LogP contribution in [0.15, 0.2) is 0 Å². The zero-order valence-corrected chi connectivity index (χ0v) is 15.7. The van der Waals surface area contributed by atoms with Crippen LogP contribution < -0.4 is 5.73 Å². The number of aliphatic hydroxyl groups is 1. The summed E-state index contributed by atoms with van der Waals surface area (Å²) in [5.74, 6) is -0.243. The highest BCUT2D eigenvalue weighted by Gasteiger charge is 2.22. The molecule has 0 saturated carbocycles. The van der Waals surface area contributed by atoms with Gasteiger partial charge in [0.1, 0.15) is 0 Å². The highest BCUT2D eigenvalue weighted by Crippen LogP contribution is 2.14. The summed E-state index contributed by atoms with van der Waals surface area (Å²) < 4.78 is 0. The van der Waals surface area contributed by atoms with Crippen LogP contribution in [0.5, 0.6) is 0 Å². The summed E-state index contributed by atoms with van der Waals surface area (Å²) in [6.07, 6.45) is 20.1. The van der Waals surface area contributed by atoms with Crippen molar-refractivity contribution in [3.8, 4) is 0 Å². The third-order valence-electron chi connectivity index (χ3n) is 4.57. The van der Waals surface area contributed by atoms with E-state index in [1.165, 1.54) is 90.4 Å². The van der Waals surface area contributed by atoms with E-state index >= 15 is 0 Å². The maximum atomic E-state index is 11.4. The van der Waals surface area contributed by atoms with Crippen LogP contribution in [0.3, 0.4) is 0 Å². The Bertz CT molecular complexity index is 271. The molecule has 0 aliphatic heterocycles. The van der Waals surface area contributed by atoms with Gasteiger partial charge in [-0.25, -0.2) is 0 Å². The van der Waals surface area contributed by atoms with Crippen LogP contribution in [0.1, 0.15) is 117 Å². The van der Waals surface area contributed by atoms with E-state index in [2.05, 4.69) is 6.92 Å². The molecule has 1 atom stereocenters. The quantitative estimate of drug-likeness (QED) is 0.274. The molecule has 0 aromatic carbocycles. The molecular formula is C20H41NO2. The predicted octanol–water partition coefficient (Wildman–Crippen LogP) is 5.48. The van der Waals surface area contributed by atoms with E-state index in [0.717, 1.165) is 12.8 Å². The molecule has 0 aliphatic carbocycles. The molecule has 23 heavy (non-hydrogen) atoms. The Kier molecular flexibility index (Phi) is 14.9. The van der Waals surface area contributed by atoms with Gasteiger partial charge < -0.3 is 5.11 Å². The molecule has 0 heterocycles. The number of ketones is 1. The third kappa shape index (κ3) is 16.2. The second kappa shape index (κ2) is 15.1. The van der Waals surface area contributed by atoms with Crippen LogP contribution in [0.4, 0.5) is 0 Å². The minimum Gasteiger partial charge on any atom is -0.369 e. The normalized spacial score (nSPS) is 13.9. The van der Waals surface area contributed by atoms with Gasteiger partial charge in [0.25, 0.3) is 0 Å². The number of carbonyl (C=O) groups excluding carboxylic acids is 1. The van der Waals surface area contributed by atoms with Crippen molar-refractivity contribution in [2.24, 2.45) is 5.73 Å². The van der Waals surface area contributed by atoms with E-state index in [1.807, 2.05) is 0 Å². The molecular weight excluding hydrogens is 286 g/mol. The lowest BCUT2D eigenvalue weighted by Crippen LogP contribution is -2.44. The van der Waals surface area contributed by atoms with Gasteiger partial charge in [-0.15, -0.1) is 0 Å². The summed E-state index contributed by atoms with van der Waals surface area (Å²) in [7, 11) is 0. The first-order chi connectivity index (χ1) is 11.0. The Morgan fingerprint density at radius 2 is 1.04 bits per heavy atom. The molecule has 0 bridgehead atoms. The fourth-order valence-electron chi connectivity index (χ4n) is 2.91. The first kappa shape index (κ1) is 22.6. The molecule has 3 nitrogen and oxygen atoms in total. The Labute approximate surface area is 144 Å². The van der Waals surface area contributed by atoms with Crippen molar-refractivity contribution in [2.75, 3.05) is 0 Å². The SMILES string of the molecule is CCCCCCCCCCCCCCCCCC(=O)C(C)(N)O. The van der Waals surface area contributed by atoms with Crippen molar-refractivity contribution in [2.45, 2.75) is 122 Å². The van der Waals surface area contributed by atoms with Crippen molar-refractivity contribution < 1.29 is 9.90 Å². The smallest absolute Gasteiger partial charge is 0.178 e. The fourth-order valence-corrected chi connectivity index (χ4v) is 2.91. The number of unbranched alkanes of at least 4 members (excludes halogenated alkanes) is 14. The summed E-state index contributed by atoms with van der Waals surface area (Å²) >= 11 is 0. The van der Waals surface area contributed by atoms with Crippen LogP contribution in [-0.2, 0) is 4.79 Å². The summed E-state index contributed by atoms with van der Waals surface area (Å²) in [6.45, 7) is 3.63. The molecule has 0 spiro atoms. The molecule has 3 heteroatoms. The van der Waals surface area contributed by atoms with Gasteiger partial charge in [0.15, 0.2) is 11.5 Å². The lowest BCUT2D eigenvalue weighted by molar-refractivity contribution is -0.135. The summed E-state index contributed by atoms with van der Waals surface area (Å²) in [6, 6.07) is 0. The second-order valence-electron chi connectivity index (χ2n) is 7.27. The van der Waals surface area contributed by atoms with Gasteiger partial charge in [0.05, 0.1) is 0 Å². The minimum atomic E-state index is -1.64. The molecule has 0 saturated heterocycles. The van der Waals surface area contributed by atoms with Crippen molar-refractivity contribution in [3.63, 3.8) is 0 Å². The van der Waals surface area contributed by atoms with Gasteiger partial charge in [-0.3, -0.25) is 10.5 Å². The van der Waals surface area contributed by atoms with Gasteiger partial charge in [0.2, 0.25) is 0 Å². The molecule has 1 unspecified atom stereocenters. The Morgan fingerprint density at radius 1 is 0.739 bits per heavy atom. The molecule has 0 fully saturated rings. The highest BCUT2D eigenvalue weighted by molar-refractivity contribution is 5.85. The van der Waals surface area contributed by atoms with Gasteiger partial charge in [-0.2, -0.15) is 0 Å². The van der Waals surface area contributed by atoms with Crippen LogP contribution in [0, 0.1) is 0 Å². The van der Waals surface area contributed by atoms with Crippen LogP contribution in [0.25, 0.3) is 0 Å². The molecule has 3 N–H and O–H groups in total. The fraction of sp³-hybridized carbons (Fsp3) is 0.950. The largest absolute Gasteiger partial charge is 0.369 e. The summed E-state index contributed by atoms with van der Waals surface area (Å²) in [5.41, 5.74) is 3.70. The zero-order chi connectivity index (χ0) is 17.4. The number of nitrogens with two attached hydrogens (primary N) is 1. The minimum absolute atomic E-state index is 0.243. The predicted molar refractivity (Wildman–Crippen MR) is 99.4 cm³/mol. The molecule has 0 rings (SSSR count). The van der Waals surface area contributed by atoms with E-state index in [0.29, 0.717) is 6.42 Å². The Balaban J connectivity index is 3.12. The number of hydrogen-bond acceptors (Lipinski definition) is 3. The lowest BCUT2D eigenvalue weighted by atomic mass is 10.0. The average molecular weight is 328 g/mol. The Morgan fingerprint density at radius 3 is 1.35 bits per heavy atom. The number of rotatable bonds is 17. The first-order valence-corrected chi connectivity index (χ1v) is 10.0. The van der Waals surface area contributed by atoms with E-state index < -0.39 is 5.72 Å². The molecule has 0 aromatic heterocycles. The maximum Gasteiger partial charge on any atom is 0.178 e. The van der Waals surface area contributed by atoms with Gasteiger partial charge in [-0.05, 0) is 13.3 Å². The number of Topliss-reactive ketones (excluding diaryl/α,β-unsaturated/α-hetero) is 1. The lowest BCUT2D eigenvalue weighted by Gasteiger charge is -2.14. The van der Waals surface area contributed by atoms with Crippen LogP contribution >= 0.6 is 0 Å². The van der Waals surface area contributed by atoms with Crippen molar-refractivity contribution >= 4 is 5.78 Å². The van der Waals surface area contributed by atoms with Gasteiger partial charge in [-0.1, -0.05) is 96.8 Å². The van der Waals surface area contributed by atoms with Crippen molar-refractivity contribution in [1.29, 1.82) is 0 Å². The number of hydrogen-bond donors (Lipinski definition) is 2. The van der Waals surface area contributed by atoms with Gasteiger partial charge in [0, 0.05) is 6.42 Å². The van der Waals surface area contributed by atoms with Gasteiger partial charge >= 0.3 is 0 Å². The Hall–Kier alpha value is -0.410. The monoisotopic (exact) mass is 327 g/mol. The number of carbonyl (C=O) groups is 1. The molecule has 0 amide bonds. The van der Waals surface area contributed by atoms with Crippen LogP contribution in [-0.4, -0.2) is 16.6 Å². The molecule has 138 valence electrons. The second-order valence-corrected chi connectivity index (χ2v) is 7.27. The average Bonchev–Trinajstić information content (AvgIpc) is 2.50. The van der Waals surface area contributed by atoms with E-state index in [4.69, 9.17) is 5.73 Å². The molecule has 0 radical (unpaired) electrons.